The number of ether oxygens (including phenoxy) is 1. The van der Waals surface area contributed by atoms with E-state index in [1.165, 1.54) is 30.6 Å². The summed E-state index contributed by atoms with van der Waals surface area (Å²) in [4.78, 5) is 22.4. The van der Waals surface area contributed by atoms with Crippen LogP contribution in [0, 0.1) is 6.92 Å². The van der Waals surface area contributed by atoms with Crippen LogP contribution >= 0.6 is 11.3 Å². The maximum absolute atomic E-state index is 13.2. The van der Waals surface area contributed by atoms with Crippen molar-refractivity contribution >= 4 is 17.2 Å². The molecule has 29 heavy (non-hydrogen) atoms. The molecular formula is C23H25N3O2S. The van der Waals surface area contributed by atoms with Crippen molar-refractivity contribution < 1.29 is 9.53 Å². The number of benzene rings is 1. The molecule has 6 heteroatoms. The molecule has 0 atom stereocenters. The Morgan fingerprint density at radius 1 is 1.24 bits per heavy atom. The molecule has 0 N–H and O–H groups in total. The van der Waals surface area contributed by atoms with Gasteiger partial charge in [-0.05, 0) is 55.7 Å². The molecule has 0 aliphatic heterocycles. The molecule has 3 aromatic rings. The highest BCUT2D eigenvalue weighted by atomic mass is 32.1. The van der Waals surface area contributed by atoms with Crippen molar-refractivity contribution in [3.05, 3.63) is 75.8 Å². The monoisotopic (exact) mass is 407 g/mol. The number of rotatable bonds is 5. The Bertz CT molecular complexity index is 1030. The lowest BCUT2D eigenvalue weighted by Gasteiger charge is -2.18. The predicted octanol–water partition coefficient (Wildman–Crippen LogP) is 4.75. The summed E-state index contributed by atoms with van der Waals surface area (Å²) in [5.41, 5.74) is 5.08. The highest BCUT2D eigenvalue weighted by Gasteiger charge is 2.14. The molecule has 1 aliphatic carbocycles. The third kappa shape index (κ3) is 5.01. The average Bonchev–Trinajstić information content (AvgIpc) is 3.27. The second-order valence-electron chi connectivity index (χ2n) is 7.45. The Kier molecular flexibility index (Phi) is 6.20. The molecule has 0 unspecified atom stereocenters. The largest absolute Gasteiger partial charge is 0.487 e. The number of hydrogen-bond donors (Lipinski definition) is 0. The third-order valence-electron chi connectivity index (χ3n) is 5.15. The number of hydrogen-bond acceptors (Lipinski definition) is 5. The first-order chi connectivity index (χ1) is 14.2. The van der Waals surface area contributed by atoms with Crippen LogP contribution < -0.4 is 10.2 Å². The minimum absolute atomic E-state index is 0.0985. The molecule has 1 fully saturated rings. The Morgan fingerprint density at radius 2 is 2.10 bits per heavy atom. The van der Waals surface area contributed by atoms with Crippen LogP contribution in [0.5, 0.6) is 5.75 Å². The van der Waals surface area contributed by atoms with E-state index >= 15 is 0 Å². The summed E-state index contributed by atoms with van der Waals surface area (Å²) in [5, 5.41) is 1.95. The predicted molar refractivity (Wildman–Crippen MR) is 114 cm³/mol. The van der Waals surface area contributed by atoms with E-state index in [4.69, 9.17) is 9.73 Å². The quantitative estimate of drug-likeness (QED) is 0.613. The van der Waals surface area contributed by atoms with Gasteiger partial charge in [0.15, 0.2) is 0 Å². The maximum atomic E-state index is 13.2. The van der Waals surface area contributed by atoms with Crippen molar-refractivity contribution in [1.82, 2.24) is 9.55 Å². The Morgan fingerprint density at radius 3 is 2.90 bits per heavy atom. The van der Waals surface area contributed by atoms with Gasteiger partial charge in [0.05, 0.1) is 17.2 Å². The zero-order chi connectivity index (χ0) is 20.1. The first kappa shape index (κ1) is 19.6. The normalized spacial score (nSPS) is 15.4. The molecule has 2 aromatic heterocycles. The van der Waals surface area contributed by atoms with E-state index in [9.17, 15) is 4.79 Å². The fraction of sp³-hybridized carbons (Fsp3) is 0.348. The van der Waals surface area contributed by atoms with Crippen LogP contribution in [-0.4, -0.2) is 21.5 Å². The summed E-state index contributed by atoms with van der Waals surface area (Å²) >= 11 is 1.54. The molecule has 0 saturated heterocycles. The number of carbonyl (C=O) groups excluding carboxylic acids is 1. The van der Waals surface area contributed by atoms with Crippen LogP contribution in [0.1, 0.15) is 53.7 Å². The van der Waals surface area contributed by atoms with Gasteiger partial charge < -0.3 is 4.74 Å². The molecule has 150 valence electrons. The van der Waals surface area contributed by atoms with Gasteiger partial charge in [-0.1, -0.05) is 25.3 Å². The van der Waals surface area contributed by atoms with E-state index in [2.05, 4.69) is 4.98 Å². The zero-order valence-corrected chi connectivity index (χ0v) is 17.4. The molecule has 0 radical (unpaired) electrons. The minimum Gasteiger partial charge on any atom is -0.487 e. The number of pyridine rings is 1. The third-order valence-corrected chi connectivity index (χ3v) is 5.78. The van der Waals surface area contributed by atoms with Crippen molar-refractivity contribution in [3.8, 4) is 5.75 Å². The Hall–Kier alpha value is -2.73. The van der Waals surface area contributed by atoms with Gasteiger partial charge in [-0.15, -0.1) is 11.3 Å². The van der Waals surface area contributed by atoms with E-state index in [-0.39, 0.29) is 5.91 Å². The van der Waals surface area contributed by atoms with Gasteiger partial charge in [0.25, 0.3) is 5.91 Å². The first-order valence-corrected chi connectivity index (χ1v) is 11.0. The van der Waals surface area contributed by atoms with E-state index in [0.717, 1.165) is 29.6 Å². The van der Waals surface area contributed by atoms with Gasteiger partial charge in [-0.2, -0.15) is 0 Å². The van der Waals surface area contributed by atoms with Gasteiger partial charge in [-0.25, -0.2) is 4.98 Å². The minimum atomic E-state index is -0.0985. The smallest absolute Gasteiger partial charge is 0.263 e. The number of thiazole rings is 1. The van der Waals surface area contributed by atoms with Crippen LogP contribution in [0.15, 0.2) is 58.5 Å². The van der Waals surface area contributed by atoms with Crippen LogP contribution in [0.25, 0.3) is 0 Å². The molecule has 1 aromatic carbocycles. The number of aryl methyl sites for hydroxylation is 1. The van der Waals surface area contributed by atoms with Crippen LogP contribution in [0.2, 0.25) is 0 Å². The molecule has 1 aliphatic rings. The Balaban J connectivity index is 1.59. The van der Waals surface area contributed by atoms with Crippen molar-refractivity contribution in [2.45, 2.75) is 51.7 Å². The molecule has 1 saturated carbocycles. The summed E-state index contributed by atoms with van der Waals surface area (Å²) in [5.74, 6) is 0.556. The molecule has 5 nitrogen and oxygen atoms in total. The van der Waals surface area contributed by atoms with Gasteiger partial charge in [0.1, 0.15) is 17.8 Å². The number of carbonyl (C=O) groups is 1. The molecule has 0 amide bonds. The fourth-order valence-corrected chi connectivity index (χ4v) is 4.13. The van der Waals surface area contributed by atoms with Crippen molar-refractivity contribution in [2.24, 2.45) is 4.99 Å². The van der Waals surface area contributed by atoms with E-state index in [1.807, 2.05) is 48.8 Å². The van der Waals surface area contributed by atoms with Gasteiger partial charge in [0, 0.05) is 17.1 Å². The summed E-state index contributed by atoms with van der Waals surface area (Å²) in [7, 11) is 0. The van der Waals surface area contributed by atoms with Crippen LogP contribution in [0.3, 0.4) is 0 Å². The van der Waals surface area contributed by atoms with Crippen LogP contribution in [0.4, 0.5) is 0 Å². The first-order valence-electron chi connectivity index (χ1n) is 10.1. The maximum Gasteiger partial charge on any atom is 0.263 e. The fourth-order valence-electron chi connectivity index (χ4n) is 3.58. The lowest BCUT2D eigenvalue weighted by molar-refractivity contribution is 0.0954. The summed E-state index contributed by atoms with van der Waals surface area (Å²) in [6, 6.07) is 11.5. The number of nitrogens with zero attached hydrogens (tertiary/aromatic N) is 3. The second-order valence-corrected chi connectivity index (χ2v) is 8.17. The highest BCUT2D eigenvalue weighted by molar-refractivity contribution is 7.07. The van der Waals surface area contributed by atoms with E-state index in [1.54, 1.807) is 16.1 Å². The van der Waals surface area contributed by atoms with E-state index < -0.39 is 0 Å². The zero-order valence-electron chi connectivity index (χ0n) is 16.6. The topological polar surface area (TPSA) is 56.5 Å². The summed E-state index contributed by atoms with van der Waals surface area (Å²) < 4.78 is 7.46. The number of aromatic nitrogens is 2. The van der Waals surface area contributed by atoms with Crippen molar-refractivity contribution in [1.29, 1.82) is 0 Å². The highest BCUT2D eigenvalue weighted by Crippen LogP contribution is 2.20. The lowest BCUT2D eigenvalue weighted by atomic mass is 9.96. The van der Waals surface area contributed by atoms with Gasteiger partial charge >= 0.3 is 0 Å². The van der Waals surface area contributed by atoms with Crippen LogP contribution in [-0.2, 0) is 6.61 Å². The van der Waals surface area contributed by atoms with Gasteiger partial charge in [0.2, 0.25) is 0 Å². The Labute approximate surface area is 174 Å². The molecular weight excluding hydrogens is 382 g/mol. The molecule has 0 bridgehead atoms. The van der Waals surface area contributed by atoms with Crippen molar-refractivity contribution in [2.75, 3.05) is 0 Å². The van der Waals surface area contributed by atoms with E-state index in [0.29, 0.717) is 24.0 Å². The second kappa shape index (κ2) is 9.18. The standard InChI is InChI=1S/C23H25N3O2S/c1-17-10-11-26(22(12-17)25-19-7-3-2-4-8-19)23(27)18-6-5-9-21(13-18)28-14-20-15-29-16-24-20/h5-6,9-13,15-16,19H,2-4,7-8,14H2,1H3. The summed E-state index contributed by atoms with van der Waals surface area (Å²) in [6.07, 6.45) is 7.73. The average molecular weight is 408 g/mol. The molecule has 4 rings (SSSR count). The van der Waals surface area contributed by atoms with Gasteiger partial charge in [-0.3, -0.25) is 14.4 Å². The molecule has 0 spiro atoms. The molecule has 2 heterocycles. The summed E-state index contributed by atoms with van der Waals surface area (Å²) in [6.45, 7) is 2.42. The SMILES string of the molecule is Cc1ccn(C(=O)c2cccc(OCc3cscn3)c2)c(=NC2CCCCC2)c1. The van der Waals surface area contributed by atoms with Crippen molar-refractivity contribution in [3.63, 3.8) is 0 Å². The lowest BCUT2D eigenvalue weighted by Crippen LogP contribution is -2.29.